The van der Waals surface area contributed by atoms with Crippen LogP contribution in [0.4, 0.5) is 0 Å². The van der Waals surface area contributed by atoms with Gasteiger partial charge in [0.25, 0.3) is 0 Å². The van der Waals surface area contributed by atoms with Gasteiger partial charge in [0, 0.05) is 5.54 Å². The van der Waals surface area contributed by atoms with Gasteiger partial charge in [0.05, 0.1) is 6.10 Å². The van der Waals surface area contributed by atoms with Gasteiger partial charge in [0.15, 0.2) is 0 Å². The average molecular weight is 237 g/mol. The lowest BCUT2D eigenvalue weighted by Gasteiger charge is -2.36. The molecule has 6 heteroatoms. The lowest BCUT2D eigenvalue weighted by Crippen LogP contribution is -2.46. The Morgan fingerprint density at radius 2 is 2.27 bits per heavy atom. The van der Waals surface area contributed by atoms with Crippen LogP contribution in [0.25, 0.3) is 0 Å². The molecule has 5 nitrogen and oxygen atoms in total. The minimum atomic E-state index is -4.34. The number of hydrogen-bond donors (Lipinski definition) is 2. The molecule has 1 saturated carbocycles. The first-order valence-electron chi connectivity index (χ1n) is 5.29. The summed E-state index contributed by atoms with van der Waals surface area (Å²) in [7, 11) is -4.34. The van der Waals surface area contributed by atoms with E-state index in [-0.39, 0.29) is 5.54 Å². The standard InChI is InChI=1S/C9H19NO4S/c1-2-5-9(10)6-3-4-8(7-9)14-15(11,12)13/h8H,2-7,10H2,1H3,(H,11,12,13). The predicted molar refractivity (Wildman–Crippen MR) is 56.7 cm³/mol. The lowest BCUT2D eigenvalue weighted by atomic mass is 9.78. The fourth-order valence-electron chi connectivity index (χ4n) is 2.32. The first-order chi connectivity index (χ1) is 6.85. The van der Waals surface area contributed by atoms with Gasteiger partial charge in [-0.1, -0.05) is 13.3 Å². The fraction of sp³-hybridized carbons (Fsp3) is 1.00. The molecule has 0 bridgehead atoms. The van der Waals surface area contributed by atoms with Gasteiger partial charge in [0.1, 0.15) is 0 Å². The van der Waals surface area contributed by atoms with Crippen molar-refractivity contribution in [3.8, 4) is 0 Å². The van der Waals surface area contributed by atoms with Crippen molar-refractivity contribution >= 4 is 10.4 Å². The number of rotatable bonds is 4. The zero-order chi connectivity index (χ0) is 11.5. The van der Waals surface area contributed by atoms with E-state index >= 15 is 0 Å². The maximum absolute atomic E-state index is 10.6. The Morgan fingerprint density at radius 1 is 1.60 bits per heavy atom. The molecule has 0 heterocycles. The average Bonchev–Trinajstić information content (AvgIpc) is 1.99. The highest BCUT2D eigenvalue weighted by molar-refractivity contribution is 7.80. The maximum Gasteiger partial charge on any atom is 0.397 e. The van der Waals surface area contributed by atoms with Gasteiger partial charge in [-0.15, -0.1) is 0 Å². The van der Waals surface area contributed by atoms with Gasteiger partial charge >= 0.3 is 10.4 Å². The van der Waals surface area contributed by atoms with Crippen LogP contribution < -0.4 is 5.73 Å². The quantitative estimate of drug-likeness (QED) is 0.718. The van der Waals surface area contributed by atoms with E-state index in [9.17, 15) is 8.42 Å². The van der Waals surface area contributed by atoms with Crippen molar-refractivity contribution in [2.45, 2.75) is 57.1 Å². The van der Waals surface area contributed by atoms with E-state index in [2.05, 4.69) is 4.18 Å². The van der Waals surface area contributed by atoms with Crippen LogP contribution in [-0.4, -0.2) is 24.6 Å². The molecule has 0 aromatic heterocycles. The molecule has 1 fully saturated rings. The molecule has 1 aliphatic rings. The third-order valence-corrected chi connectivity index (χ3v) is 3.36. The van der Waals surface area contributed by atoms with Crippen LogP contribution in [0.5, 0.6) is 0 Å². The molecule has 0 aromatic rings. The summed E-state index contributed by atoms with van der Waals surface area (Å²) in [5, 5.41) is 0. The van der Waals surface area contributed by atoms with E-state index in [1.165, 1.54) is 0 Å². The summed E-state index contributed by atoms with van der Waals surface area (Å²) >= 11 is 0. The zero-order valence-corrected chi connectivity index (χ0v) is 9.79. The van der Waals surface area contributed by atoms with Gasteiger partial charge in [-0.3, -0.25) is 4.55 Å². The Balaban J connectivity index is 2.56. The second-order valence-electron chi connectivity index (χ2n) is 4.35. The third kappa shape index (κ3) is 4.46. The van der Waals surface area contributed by atoms with Crippen LogP contribution in [0.15, 0.2) is 0 Å². The molecule has 0 aromatic carbocycles. The summed E-state index contributed by atoms with van der Waals surface area (Å²) in [4.78, 5) is 0. The molecule has 2 unspecified atom stereocenters. The maximum atomic E-state index is 10.6. The number of hydrogen-bond acceptors (Lipinski definition) is 4. The van der Waals surface area contributed by atoms with Gasteiger partial charge in [-0.25, -0.2) is 4.18 Å². The molecule has 15 heavy (non-hydrogen) atoms. The fourth-order valence-corrected chi connectivity index (χ4v) is 2.83. The normalized spacial score (nSPS) is 32.9. The van der Waals surface area contributed by atoms with E-state index in [0.29, 0.717) is 12.8 Å². The summed E-state index contributed by atoms with van der Waals surface area (Å²) in [6, 6.07) is 0. The summed E-state index contributed by atoms with van der Waals surface area (Å²) < 4.78 is 34.3. The van der Waals surface area contributed by atoms with Crippen LogP contribution in [0.1, 0.15) is 45.4 Å². The summed E-state index contributed by atoms with van der Waals surface area (Å²) in [5.74, 6) is 0. The van der Waals surface area contributed by atoms with Crippen molar-refractivity contribution in [1.82, 2.24) is 0 Å². The predicted octanol–water partition coefficient (Wildman–Crippen LogP) is 1.25. The van der Waals surface area contributed by atoms with Crippen molar-refractivity contribution in [3.05, 3.63) is 0 Å². The van der Waals surface area contributed by atoms with Crippen molar-refractivity contribution < 1.29 is 17.2 Å². The summed E-state index contributed by atoms with van der Waals surface area (Å²) in [6.45, 7) is 2.04. The SMILES string of the molecule is CCCC1(N)CCCC(OS(=O)(=O)O)C1. The van der Waals surface area contributed by atoms with Crippen molar-refractivity contribution in [2.75, 3.05) is 0 Å². The summed E-state index contributed by atoms with van der Waals surface area (Å²) in [6.07, 6.45) is 4.24. The molecule has 3 N–H and O–H groups in total. The Morgan fingerprint density at radius 3 is 2.80 bits per heavy atom. The number of nitrogens with two attached hydrogens (primary N) is 1. The highest BCUT2D eigenvalue weighted by Gasteiger charge is 2.34. The van der Waals surface area contributed by atoms with Crippen molar-refractivity contribution in [2.24, 2.45) is 5.73 Å². The van der Waals surface area contributed by atoms with Crippen LogP contribution in [0.3, 0.4) is 0 Å². The van der Waals surface area contributed by atoms with Crippen LogP contribution in [0, 0.1) is 0 Å². The Bertz CT molecular complexity index is 299. The molecule has 0 amide bonds. The molecule has 0 radical (unpaired) electrons. The molecule has 1 aliphatic carbocycles. The van der Waals surface area contributed by atoms with E-state index in [1.807, 2.05) is 6.92 Å². The highest BCUT2D eigenvalue weighted by atomic mass is 32.3. The molecule has 0 saturated heterocycles. The van der Waals surface area contributed by atoms with Gasteiger partial charge in [0.2, 0.25) is 0 Å². The highest BCUT2D eigenvalue weighted by Crippen LogP contribution is 2.32. The van der Waals surface area contributed by atoms with E-state index in [0.717, 1.165) is 25.7 Å². The topological polar surface area (TPSA) is 89.6 Å². The monoisotopic (exact) mass is 237 g/mol. The molecule has 90 valence electrons. The largest absolute Gasteiger partial charge is 0.397 e. The smallest absolute Gasteiger partial charge is 0.325 e. The van der Waals surface area contributed by atoms with Gasteiger partial charge in [-0.05, 0) is 32.1 Å². The van der Waals surface area contributed by atoms with Gasteiger partial charge < -0.3 is 5.73 Å². The first-order valence-corrected chi connectivity index (χ1v) is 6.66. The van der Waals surface area contributed by atoms with Crippen molar-refractivity contribution in [3.63, 3.8) is 0 Å². The van der Waals surface area contributed by atoms with E-state index in [4.69, 9.17) is 10.3 Å². The molecule has 0 aliphatic heterocycles. The van der Waals surface area contributed by atoms with Crippen LogP contribution in [-0.2, 0) is 14.6 Å². The second-order valence-corrected chi connectivity index (χ2v) is 5.40. The second kappa shape index (κ2) is 4.78. The van der Waals surface area contributed by atoms with E-state index < -0.39 is 16.5 Å². The molecule has 0 spiro atoms. The van der Waals surface area contributed by atoms with Gasteiger partial charge in [-0.2, -0.15) is 8.42 Å². The molecular formula is C9H19NO4S. The molecule has 1 rings (SSSR count). The molecule has 2 atom stereocenters. The zero-order valence-electron chi connectivity index (χ0n) is 8.98. The Labute approximate surface area is 90.9 Å². The first kappa shape index (κ1) is 12.9. The lowest BCUT2D eigenvalue weighted by molar-refractivity contribution is 0.0970. The Kier molecular flexibility index (Phi) is 4.11. The van der Waals surface area contributed by atoms with Crippen LogP contribution in [0.2, 0.25) is 0 Å². The van der Waals surface area contributed by atoms with E-state index in [1.54, 1.807) is 0 Å². The third-order valence-electron chi connectivity index (χ3n) is 2.84. The Hall–Kier alpha value is -0.170. The van der Waals surface area contributed by atoms with Crippen LogP contribution >= 0.6 is 0 Å². The minimum Gasteiger partial charge on any atom is -0.325 e. The van der Waals surface area contributed by atoms with Crippen molar-refractivity contribution in [1.29, 1.82) is 0 Å². The molecular weight excluding hydrogens is 218 g/mol. The minimum absolute atomic E-state index is 0.331. The summed E-state index contributed by atoms with van der Waals surface area (Å²) in [5.41, 5.74) is 5.79.